The lowest BCUT2D eigenvalue weighted by Gasteiger charge is -2.44. The van der Waals surface area contributed by atoms with Crippen LogP contribution in [0.1, 0.15) is 95.4 Å². The van der Waals surface area contributed by atoms with E-state index in [0.29, 0.717) is 57.2 Å². The maximum absolute atomic E-state index is 12.4. The second-order valence-electron chi connectivity index (χ2n) is 18.0. The van der Waals surface area contributed by atoms with Gasteiger partial charge in [0.2, 0.25) is 5.69 Å². The standard InChI is InChI=1S/C53H59N3O10S/c1-37-36-52(2,3)55(28-29-64-31-30-63-6)45-35-47-42(34-41(37)45)39(32-46(65-47)38-18-13-10-14-19-38)20-12-8-7-9-15-21-48-53(4,5)43-33-40(67(60,61)62)23-24-44(43)54(48)27-17-11-16-22-51(59)66-56-49(57)25-26-50(56)58/h7-10,12-15,18-21,23-24,32-36H,11,16-17,22,25-31H2,1-6H3/p+1. The maximum atomic E-state index is 12.4. The summed E-state index contributed by atoms with van der Waals surface area (Å²) in [7, 11) is -2.76. The molecule has 3 aromatic rings. The Morgan fingerprint density at radius 3 is 2.34 bits per heavy atom. The second kappa shape index (κ2) is 20.8. The van der Waals surface area contributed by atoms with E-state index < -0.39 is 33.3 Å². The minimum Gasteiger partial charge on any atom is -0.456 e. The van der Waals surface area contributed by atoms with Crippen molar-refractivity contribution >= 4 is 61.9 Å². The van der Waals surface area contributed by atoms with E-state index in [-0.39, 0.29) is 29.7 Å². The number of hydrogen-bond acceptors (Lipinski definition) is 10. The van der Waals surface area contributed by atoms with Crippen LogP contribution in [0.5, 0.6) is 5.75 Å². The lowest BCUT2D eigenvalue weighted by atomic mass is 9.81. The molecule has 0 aliphatic carbocycles. The van der Waals surface area contributed by atoms with Crippen molar-refractivity contribution < 1.29 is 51.0 Å². The van der Waals surface area contributed by atoms with E-state index in [1.807, 2.05) is 80.6 Å². The number of imide groups is 1. The number of benzene rings is 3. The van der Waals surface area contributed by atoms with Gasteiger partial charge in [-0.05, 0) is 82.9 Å². The first-order valence-corrected chi connectivity index (χ1v) is 24.2. The van der Waals surface area contributed by atoms with Crippen molar-refractivity contribution in [3.63, 3.8) is 0 Å². The molecule has 1 saturated heterocycles. The summed E-state index contributed by atoms with van der Waals surface area (Å²) in [6.07, 6.45) is 20.2. The highest BCUT2D eigenvalue weighted by Gasteiger charge is 2.45. The monoisotopic (exact) mass is 930 g/mol. The maximum Gasteiger partial charge on any atom is 0.333 e. The van der Waals surface area contributed by atoms with Gasteiger partial charge in [0, 0.05) is 85.5 Å². The van der Waals surface area contributed by atoms with Gasteiger partial charge in [0.05, 0.1) is 35.7 Å². The topological polar surface area (TPSA) is 152 Å². The van der Waals surface area contributed by atoms with Gasteiger partial charge >= 0.3 is 5.97 Å². The average Bonchev–Trinajstić information content (AvgIpc) is 3.71. The summed E-state index contributed by atoms with van der Waals surface area (Å²) in [4.78, 5) is 43.3. The fraction of sp³-hybridized carbons (Fsp3) is 0.358. The van der Waals surface area contributed by atoms with E-state index in [1.165, 1.54) is 17.7 Å². The van der Waals surface area contributed by atoms with Crippen LogP contribution in [0.25, 0.3) is 16.9 Å². The Balaban J connectivity index is 1.10. The third-order valence-corrected chi connectivity index (χ3v) is 13.3. The highest BCUT2D eigenvalue weighted by atomic mass is 32.2. The largest absolute Gasteiger partial charge is 0.456 e. The Morgan fingerprint density at radius 2 is 1.61 bits per heavy atom. The Bertz CT molecular complexity index is 2730. The third-order valence-electron chi connectivity index (χ3n) is 12.4. The third kappa shape index (κ3) is 11.2. The molecule has 0 atom stereocenters. The van der Waals surface area contributed by atoms with Crippen molar-refractivity contribution in [3.8, 4) is 5.75 Å². The first kappa shape index (κ1) is 48.7. The number of nitrogens with zero attached hydrogens (tertiary/aromatic N) is 3. The zero-order valence-corrected chi connectivity index (χ0v) is 39.9. The molecule has 352 valence electrons. The molecule has 1 N–H and O–H groups in total. The molecule has 3 aromatic carbocycles. The van der Waals surface area contributed by atoms with Gasteiger partial charge in [0.1, 0.15) is 18.1 Å². The van der Waals surface area contributed by atoms with Gasteiger partial charge in [0.15, 0.2) is 5.71 Å². The number of ether oxygens (including phenoxy) is 3. The van der Waals surface area contributed by atoms with Gasteiger partial charge in [-0.2, -0.15) is 13.0 Å². The number of anilines is 1. The highest BCUT2D eigenvalue weighted by molar-refractivity contribution is 7.85. The number of hydroxylamine groups is 2. The van der Waals surface area contributed by atoms with E-state index in [2.05, 4.69) is 60.6 Å². The molecule has 0 saturated carbocycles. The normalized spacial score (nSPS) is 18.2. The predicted octanol–water partition coefficient (Wildman–Crippen LogP) is 9.33. The smallest absolute Gasteiger partial charge is 0.333 e. The van der Waals surface area contributed by atoms with E-state index in [4.69, 9.17) is 19.0 Å². The van der Waals surface area contributed by atoms with Gasteiger partial charge in [-0.15, -0.1) is 5.06 Å². The molecular weight excluding hydrogens is 871 g/mol. The molecule has 14 heteroatoms. The number of methoxy groups -OCH3 is 1. The molecule has 4 heterocycles. The summed E-state index contributed by atoms with van der Waals surface area (Å²) in [5.41, 5.74) is 8.05. The van der Waals surface area contributed by atoms with Crippen LogP contribution in [-0.4, -0.2) is 91.7 Å². The van der Waals surface area contributed by atoms with E-state index >= 15 is 0 Å². The van der Waals surface area contributed by atoms with Crippen LogP contribution in [0.4, 0.5) is 11.4 Å². The SMILES string of the molecule is COCCOCCN1c2cc3c(cc2C(C)=CC1(C)C)/C(=C/C=C/C=C/C=C/C1=[N+](CCCCCC(=O)ON2C(=O)CCC2=O)c2ccc(S(=O)(=O)O)cc2C1(C)C)C=C(c1ccccc1)O3. The number of carbonyl (C=O) groups excluding carboxylic acids is 3. The summed E-state index contributed by atoms with van der Waals surface area (Å²) >= 11 is 0. The van der Waals surface area contributed by atoms with Gasteiger partial charge < -0.3 is 23.9 Å². The van der Waals surface area contributed by atoms with Gasteiger partial charge in [-0.1, -0.05) is 72.9 Å². The number of amides is 2. The van der Waals surface area contributed by atoms with Crippen molar-refractivity contribution in [1.82, 2.24) is 5.06 Å². The number of hydrogen-bond donors (Lipinski definition) is 1. The highest BCUT2D eigenvalue weighted by Crippen LogP contribution is 2.47. The van der Waals surface area contributed by atoms with Crippen molar-refractivity contribution in [2.45, 2.75) is 89.0 Å². The Kier molecular flexibility index (Phi) is 15.1. The fourth-order valence-electron chi connectivity index (χ4n) is 9.05. The predicted molar refractivity (Wildman–Crippen MR) is 259 cm³/mol. The summed E-state index contributed by atoms with van der Waals surface area (Å²) in [5.74, 6) is -0.132. The Labute approximate surface area is 393 Å². The zero-order chi connectivity index (χ0) is 47.9. The average molecular weight is 931 g/mol. The number of carbonyl (C=O) groups is 3. The van der Waals surface area contributed by atoms with Crippen LogP contribution in [0.2, 0.25) is 0 Å². The van der Waals surface area contributed by atoms with E-state index in [9.17, 15) is 27.4 Å². The molecular formula is C53H60N3O10S+. The van der Waals surface area contributed by atoms with Crippen molar-refractivity contribution in [2.24, 2.45) is 0 Å². The van der Waals surface area contributed by atoms with Crippen molar-refractivity contribution in [1.29, 1.82) is 0 Å². The van der Waals surface area contributed by atoms with Crippen LogP contribution in [-0.2, 0) is 44.2 Å². The number of allylic oxidation sites excluding steroid dienone is 10. The van der Waals surface area contributed by atoms with Crippen molar-refractivity contribution in [2.75, 3.05) is 44.9 Å². The summed E-state index contributed by atoms with van der Waals surface area (Å²) in [6.45, 7) is 13.5. The van der Waals surface area contributed by atoms with Crippen LogP contribution >= 0.6 is 0 Å². The molecule has 2 amide bonds. The molecule has 67 heavy (non-hydrogen) atoms. The first-order chi connectivity index (χ1) is 32.0. The zero-order valence-electron chi connectivity index (χ0n) is 39.1. The molecule has 7 rings (SSSR count). The summed E-state index contributed by atoms with van der Waals surface area (Å²) < 4.78 is 54.1. The van der Waals surface area contributed by atoms with Crippen LogP contribution in [0.3, 0.4) is 0 Å². The molecule has 4 aliphatic rings. The molecule has 1 fully saturated rings. The molecule has 0 unspecified atom stereocenters. The Morgan fingerprint density at radius 1 is 0.881 bits per heavy atom. The van der Waals surface area contributed by atoms with Gasteiger partial charge in [0.25, 0.3) is 21.9 Å². The van der Waals surface area contributed by atoms with Crippen LogP contribution < -0.4 is 9.64 Å². The number of unbranched alkanes of at least 4 members (excludes halogenated alkanes) is 2. The number of rotatable bonds is 19. The summed E-state index contributed by atoms with van der Waals surface area (Å²) in [6, 6.07) is 19.1. The van der Waals surface area contributed by atoms with Gasteiger partial charge in [-0.3, -0.25) is 14.1 Å². The molecule has 13 nitrogen and oxygen atoms in total. The Hall–Kier alpha value is -6.19. The second-order valence-corrected chi connectivity index (χ2v) is 19.4. The molecule has 0 spiro atoms. The van der Waals surface area contributed by atoms with Gasteiger partial charge in [-0.25, -0.2) is 4.79 Å². The van der Waals surface area contributed by atoms with E-state index in [0.717, 1.165) is 56.4 Å². The fourth-order valence-corrected chi connectivity index (χ4v) is 9.55. The lowest BCUT2D eigenvalue weighted by Crippen LogP contribution is -2.46. The van der Waals surface area contributed by atoms with E-state index in [1.54, 1.807) is 13.2 Å². The molecule has 0 aromatic heterocycles. The first-order valence-electron chi connectivity index (χ1n) is 22.7. The minimum atomic E-state index is -4.43. The number of fused-ring (bicyclic) bond motifs is 3. The quantitative estimate of drug-likeness (QED) is 0.0403. The van der Waals surface area contributed by atoms with Crippen LogP contribution in [0, 0.1) is 0 Å². The summed E-state index contributed by atoms with van der Waals surface area (Å²) in [5, 5.41) is 0.564. The molecule has 4 aliphatic heterocycles. The lowest BCUT2D eigenvalue weighted by molar-refractivity contribution is -0.438. The molecule has 0 radical (unpaired) electrons. The van der Waals surface area contributed by atoms with Crippen molar-refractivity contribution in [3.05, 3.63) is 138 Å². The van der Waals surface area contributed by atoms with Crippen LogP contribution in [0.15, 0.2) is 120 Å². The minimum absolute atomic E-state index is 0.0372. The molecule has 0 bridgehead atoms.